The lowest BCUT2D eigenvalue weighted by Gasteiger charge is -2.24. The van der Waals surface area contributed by atoms with Crippen molar-refractivity contribution in [1.82, 2.24) is 15.5 Å². The number of urea groups is 1. The number of carbonyl (C=O) groups is 3. The van der Waals surface area contributed by atoms with Gasteiger partial charge in [0, 0.05) is 0 Å². The monoisotopic (exact) mass is 319 g/mol. The summed E-state index contributed by atoms with van der Waals surface area (Å²) in [4.78, 5) is 38.0. The van der Waals surface area contributed by atoms with Crippen LogP contribution in [0, 0.1) is 11.8 Å². The van der Waals surface area contributed by atoms with Crippen molar-refractivity contribution in [2.24, 2.45) is 11.8 Å². The lowest BCUT2D eigenvalue weighted by molar-refractivity contribution is -0.142. The molecule has 2 heterocycles. The highest BCUT2D eigenvalue weighted by Gasteiger charge is 2.49. The molecule has 1 aliphatic heterocycles. The number of hydrogen-bond donors (Lipinski definition) is 2. The van der Waals surface area contributed by atoms with E-state index < -0.39 is 12.2 Å². The van der Waals surface area contributed by atoms with Gasteiger partial charge in [-0.3, -0.25) is 14.5 Å². The van der Waals surface area contributed by atoms with E-state index in [9.17, 15) is 14.4 Å². The second kappa shape index (κ2) is 6.44. The molecular formula is C16H21N3O4. The third kappa shape index (κ3) is 3.09. The number of likely N-dealkylation sites (tertiary alicyclic amines) is 1. The van der Waals surface area contributed by atoms with Gasteiger partial charge in [0.15, 0.2) is 0 Å². The maximum Gasteiger partial charge on any atom is 0.316 e. The zero-order chi connectivity index (χ0) is 16.4. The first-order chi connectivity index (χ1) is 11.1. The topological polar surface area (TPSA) is 91.7 Å². The van der Waals surface area contributed by atoms with Crippen molar-refractivity contribution >= 4 is 17.8 Å². The predicted molar refractivity (Wildman–Crippen MR) is 80.8 cm³/mol. The summed E-state index contributed by atoms with van der Waals surface area (Å²) in [6.45, 7) is 1.90. The number of fused-ring (bicyclic) bond motifs is 1. The quantitative estimate of drug-likeness (QED) is 0.825. The van der Waals surface area contributed by atoms with E-state index in [4.69, 9.17) is 4.42 Å². The first-order valence-corrected chi connectivity index (χ1v) is 8.01. The predicted octanol–water partition coefficient (Wildman–Crippen LogP) is 1.60. The average molecular weight is 319 g/mol. The Kier molecular flexibility index (Phi) is 4.36. The molecule has 3 rings (SSSR count). The molecule has 7 nitrogen and oxygen atoms in total. The van der Waals surface area contributed by atoms with E-state index in [1.807, 2.05) is 0 Å². The molecule has 4 amide bonds. The number of rotatable bonds is 4. The van der Waals surface area contributed by atoms with Crippen molar-refractivity contribution in [1.29, 1.82) is 0 Å². The zero-order valence-electron chi connectivity index (χ0n) is 13.1. The van der Waals surface area contributed by atoms with Crippen LogP contribution in [0.5, 0.6) is 0 Å². The highest BCUT2D eigenvalue weighted by molar-refractivity contribution is 6.05. The molecule has 1 aromatic rings. The Hall–Kier alpha value is -2.31. The minimum Gasteiger partial charge on any atom is -0.467 e. The summed E-state index contributed by atoms with van der Waals surface area (Å²) in [5, 5.41) is 5.29. The molecule has 23 heavy (non-hydrogen) atoms. The third-order valence-electron chi connectivity index (χ3n) is 4.61. The van der Waals surface area contributed by atoms with E-state index in [0.29, 0.717) is 5.76 Å². The second-order valence-electron chi connectivity index (χ2n) is 6.13. The molecule has 1 saturated heterocycles. The van der Waals surface area contributed by atoms with Crippen LogP contribution < -0.4 is 10.6 Å². The minimum atomic E-state index is -0.655. The second-order valence-corrected chi connectivity index (χ2v) is 6.13. The molecule has 0 spiro atoms. The van der Waals surface area contributed by atoms with Gasteiger partial charge in [0.1, 0.15) is 11.9 Å². The van der Waals surface area contributed by atoms with Crippen molar-refractivity contribution in [2.75, 3.05) is 0 Å². The Morgan fingerprint density at radius 1 is 1.30 bits per heavy atom. The van der Waals surface area contributed by atoms with E-state index in [-0.39, 0.29) is 30.2 Å². The summed E-state index contributed by atoms with van der Waals surface area (Å²) in [5.74, 6) is -0.0809. The molecule has 0 aromatic carbocycles. The number of nitrogens with zero attached hydrogens (tertiary/aromatic N) is 1. The van der Waals surface area contributed by atoms with Crippen molar-refractivity contribution in [3.8, 4) is 0 Å². The van der Waals surface area contributed by atoms with Gasteiger partial charge >= 0.3 is 6.03 Å². The van der Waals surface area contributed by atoms with Crippen molar-refractivity contribution in [3.63, 3.8) is 0 Å². The van der Waals surface area contributed by atoms with E-state index in [1.165, 1.54) is 11.2 Å². The molecule has 0 unspecified atom stereocenters. The largest absolute Gasteiger partial charge is 0.467 e. The first kappa shape index (κ1) is 15.6. The summed E-state index contributed by atoms with van der Waals surface area (Å²) in [6, 6.07) is 3.05. The van der Waals surface area contributed by atoms with Crippen LogP contribution in [-0.4, -0.2) is 28.9 Å². The fraction of sp³-hybridized carbons (Fsp3) is 0.562. The summed E-state index contributed by atoms with van der Waals surface area (Å²) in [5.41, 5.74) is 0. The highest BCUT2D eigenvalue weighted by atomic mass is 16.3. The summed E-state index contributed by atoms with van der Waals surface area (Å²) < 4.78 is 5.13. The maximum atomic E-state index is 12.4. The summed E-state index contributed by atoms with van der Waals surface area (Å²) >= 11 is 0. The SMILES string of the molecule is C[C@H](NC(=O)NCc1ccco1)N1C(=O)[C@H]2CCCC[C@@H]2C1=O. The minimum absolute atomic E-state index is 0.154. The van der Waals surface area contributed by atoms with E-state index in [2.05, 4.69) is 10.6 Å². The Labute approximate surface area is 134 Å². The summed E-state index contributed by atoms with van der Waals surface area (Å²) in [6.07, 6.45) is 4.38. The highest BCUT2D eigenvalue weighted by Crippen LogP contribution is 2.38. The lowest BCUT2D eigenvalue weighted by Crippen LogP contribution is -2.52. The molecule has 3 atom stereocenters. The molecule has 2 aliphatic rings. The summed E-state index contributed by atoms with van der Waals surface area (Å²) in [7, 11) is 0. The van der Waals surface area contributed by atoms with Gasteiger partial charge in [-0.05, 0) is 31.9 Å². The van der Waals surface area contributed by atoms with Gasteiger partial charge in [-0.15, -0.1) is 0 Å². The van der Waals surface area contributed by atoms with Gasteiger partial charge in [-0.1, -0.05) is 12.8 Å². The van der Waals surface area contributed by atoms with Gasteiger partial charge in [-0.25, -0.2) is 4.79 Å². The normalized spacial score (nSPS) is 25.2. The standard InChI is InChI=1S/C16H21N3O4/c1-10(18-16(22)17-9-11-5-4-8-23-11)19-14(20)12-6-2-3-7-13(12)15(19)21/h4-5,8,10,12-13H,2-3,6-7,9H2,1H3,(H2,17,18,22)/t10-,12+,13+/m1/s1. The Morgan fingerprint density at radius 3 is 2.52 bits per heavy atom. The van der Waals surface area contributed by atoms with Crippen LogP contribution in [0.2, 0.25) is 0 Å². The number of imide groups is 1. The third-order valence-corrected chi connectivity index (χ3v) is 4.61. The average Bonchev–Trinajstić information content (AvgIpc) is 3.13. The molecule has 2 fully saturated rings. The van der Waals surface area contributed by atoms with E-state index in [0.717, 1.165) is 25.7 Å². The number of furan rings is 1. The van der Waals surface area contributed by atoms with Crippen molar-refractivity contribution in [2.45, 2.75) is 45.3 Å². The van der Waals surface area contributed by atoms with Crippen molar-refractivity contribution in [3.05, 3.63) is 24.2 Å². The van der Waals surface area contributed by atoms with Crippen LogP contribution in [0.4, 0.5) is 4.79 Å². The molecule has 7 heteroatoms. The molecule has 1 aliphatic carbocycles. The molecule has 1 saturated carbocycles. The van der Waals surface area contributed by atoms with Crippen LogP contribution in [0.15, 0.2) is 22.8 Å². The number of hydrogen-bond acceptors (Lipinski definition) is 4. The lowest BCUT2D eigenvalue weighted by atomic mass is 9.81. The molecule has 124 valence electrons. The van der Waals surface area contributed by atoms with Gasteiger partial charge in [-0.2, -0.15) is 0 Å². The number of amides is 4. The molecule has 0 bridgehead atoms. The van der Waals surface area contributed by atoms with Crippen LogP contribution in [0.1, 0.15) is 38.4 Å². The molecular weight excluding hydrogens is 298 g/mol. The van der Waals surface area contributed by atoms with Crippen molar-refractivity contribution < 1.29 is 18.8 Å². The van der Waals surface area contributed by atoms with Crippen LogP contribution in [0.25, 0.3) is 0 Å². The Morgan fingerprint density at radius 2 is 1.96 bits per heavy atom. The van der Waals surface area contributed by atoms with Crippen LogP contribution in [0.3, 0.4) is 0 Å². The Balaban J connectivity index is 1.57. The maximum absolute atomic E-state index is 12.4. The van der Waals surface area contributed by atoms with Gasteiger partial charge < -0.3 is 15.1 Å². The van der Waals surface area contributed by atoms with Gasteiger partial charge in [0.25, 0.3) is 0 Å². The first-order valence-electron chi connectivity index (χ1n) is 8.01. The zero-order valence-corrected chi connectivity index (χ0v) is 13.1. The fourth-order valence-electron chi connectivity index (χ4n) is 3.46. The van der Waals surface area contributed by atoms with Crippen LogP contribution >= 0.6 is 0 Å². The molecule has 1 aromatic heterocycles. The van der Waals surface area contributed by atoms with E-state index in [1.54, 1.807) is 19.1 Å². The van der Waals surface area contributed by atoms with Crippen LogP contribution in [-0.2, 0) is 16.1 Å². The van der Waals surface area contributed by atoms with E-state index >= 15 is 0 Å². The van der Waals surface area contributed by atoms with Gasteiger partial charge in [0.05, 0.1) is 24.6 Å². The Bertz CT molecular complexity index is 574. The number of nitrogens with one attached hydrogen (secondary N) is 2. The van der Waals surface area contributed by atoms with Gasteiger partial charge in [0.2, 0.25) is 11.8 Å². The fourth-order valence-corrected chi connectivity index (χ4v) is 3.46. The smallest absolute Gasteiger partial charge is 0.316 e. The molecule has 2 N–H and O–H groups in total. The number of carbonyl (C=O) groups excluding carboxylic acids is 3. The molecule has 0 radical (unpaired) electrons.